The van der Waals surface area contributed by atoms with Gasteiger partial charge in [-0.2, -0.15) is 0 Å². The number of carbonyl (C=O) groups excluding carboxylic acids is 4. The van der Waals surface area contributed by atoms with E-state index in [0.717, 1.165) is 25.8 Å². The quantitative estimate of drug-likeness (QED) is 0.324. The highest BCUT2D eigenvalue weighted by molar-refractivity contribution is 7.91. The number of fused-ring (bicyclic) bond motifs is 1. The second-order valence-electron chi connectivity index (χ2n) is 10.4. The molecule has 0 N–H and O–H groups in total. The number of hydrogen-bond acceptors (Lipinski definition) is 11. The normalized spacial score (nSPS) is 26.0. The molecule has 2 aliphatic heterocycles. The maximum Gasteiger partial charge on any atom is 0.303 e. The van der Waals surface area contributed by atoms with Crippen molar-refractivity contribution in [2.75, 3.05) is 6.61 Å². The number of carbonyl (C=O) groups is 4. The number of ether oxygens (including phenoxy) is 5. The Kier molecular flexibility index (Phi) is 9.37. The lowest BCUT2D eigenvalue weighted by Gasteiger charge is -2.44. The molecule has 4 rings (SSSR count). The number of sulfone groups is 1. The van der Waals surface area contributed by atoms with E-state index in [2.05, 4.69) is 0 Å². The Labute approximate surface area is 244 Å². The van der Waals surface area contributed by atoms with E-state index in [9.17, 15) is 27.6 Å². The fraction of sp³-hybridized carbons (Fsp3) is 0.467. The zero-order valence-electron chi connectivity index (χ0n) is 24.0. The van der Waals surface area contributed by atoms with Gasteiger partial charge in [-0.15, -0.1) is 0 Å². The molecule has 2 aliphatic rings. The van der Waals surface area contributed by atoms with E-state index in [1.54, 1.807) is 30.3 Å². The van der Waals surface area contributed by atoms with Gasteiger partial charge in [-0.05, 0) is 34.2 Å². The van der Waals surface area contributed by atoms with Crippen LogP contribution in [0.1, 0.15) is 73.8 Å². The molecule has 11 nitrogen and oxygen atoms in total. The van der Waals surface area contributed by atoms with Crippen LogP contribution in [0.4, 0.5) is 0 Å². The third-order valence-corrected chi connectivity index (χ3v) is 9.14. The summed E-state index contributed by atoms with van der Waals surface area (Å²) >= 11 is 0. The molecule has 12 heteroatoms. The highest BCUT2D eigenvalue weighted by Crippen LogP contribution is 2.44. The summed E-state index contributed by atoms with van der Waals surface area (Å²) in [5.74, 6) is -2.96. The molecule has 2 aromatic rings. The van der Waals surface area contributed by atoms with Crippen LogP contribution in [0.25, 0.3) is 0 Å². The van der Waals surface area contributed by atoms with Crippen LogP contribution in [0.2, 0.25) is 0 Å². The van der Waals surface area contributed by atoms with Crippen molar-refractivity contribution in [2.24, 2.45) is 0 Å². The van der Waals surface area contributed by atoms with Crippen molar-refractivity contribution >= 4 is 33.7 Å². The number of benzene rings is 2. The Morgan fingerprint density at radius 3 is 1.93 bits per heavy atom. The van der Waals surface area contributed by atoms with Crippen molar-refractivity contribution in [1.82, 2.24) is 0 Å². The van der Waals surface area contributed by atoms with Gasteiger partial charge in [-0.25, -0.2) is 8.42 Å². The molecule has 5 unspecified atom stereocenters. The second-order valence-corrected chi connectivity index (χ2v) is 12.4. The third kappa shape index (κ3) is 6.81. The average molecular weight is 603 g/mol. The molecule has 0 aliphatic carbocycles. The van der Waals surface area contributed by atoms with Crippen molar-refractivity contribution in [2.45, 2.75) is 82.6 Å². The number of hydrogen-bond donors (Lipinski definition) is 0. The Morgan fingerprint density at radius 2 is 1.36 bits per heavy atom. The summed E-state index contributed by atoms with van der Waals surface area (Å²) < 4.78 is 54.7. The summed E-state index contributed by atoms with van der Waals surface area (Å²) in [6.45, 7) is 6.31. The molecule has 0 amide bonds. The van der Waals surface area contributed by atoms with E-state index in [1.165, 1.54) is 13.8 Å². The van der Waals surface area contributed by atoms with Gasteiger partial charge in [0.15, 0.2) is 28.1 Å². The second kappa shape index (κ2) is 12.6. The fourth-order valence-corrected chi connectivity index (χ4v) is 7.51. The van der Waals surface area contributed by atoms with Crippen molar-refractivity contribution in [3.63, 3.8) is 0 Å². The van der Waals surface area contributed by atoms with Gasteiger partial charge >= 0.3 is 23.9 Å². The van der Waals surface area contributed by atoms with E-state index >= 15 is 0 Å². The number of aryl methyl sites for hydroxylation is 1. The lowest BCUT2D eigenvalue weighted by molar-refractivity contribution is -0.254. The first kappa shape index (κ1) is 31.2. The Balaban J connectivity index is 1.82. The summed E-state index contributed by atoms with van der Waals surface area (Å²) in [6, 6.07) is 12.4. The molecular weight excluding hydrogens is 568 g/mol. The van der Waals surface area contributed by atoms with Crippen LogP contribution in [-0.4, -0.2) is 63.3 Å². The molecule has 226 valence electrons. The minimum absolute atomic E-state index is 0.151. The molecule has 0 radical (unpaired) electrons. The number of rotatable bonds is 8. The molecule has 1 fully saturated rings. The minimum atomic E-state index is -3.59. The van der Waals surface area contributed by atoms with Gasteiger partial charge in [0.05, 0.1) is 5.75 Å². The highest BCUT2D eigenvalue weighted by atomic mass is 32.2. The highest BCUT2D eigenvalue weighted by Gasteiger charge is 2.53. The molecule has 42 heavy (non-hydrogen) atoms. The first-order valence-corrected chi connectivity index (χ1v) is 15.3. The molecule has 0 saturated carbocycles. The van der Waals surface area contributed by atoms with Crippen LogP contribution in [0, 0.1) is 0 Å². The zero-order chi connectivity index (χ0) is 30.8. The zero-order valence-corrected chi connectivity index (χ0v) is 24.8. The molecular formula is C30H34O11S. The topological polar surface area (TPSA) is 149 Å². The molecule has 1 saturated heterocycles. The minimum Gasteiger partial charge on any atom is -0.463 e. The van der Waals surface area contributed by atoms with Crippen LogP contribution in [0.15, 0.2) is 42.5 Å². The summed E-state index contributed by atoms with van der Waals surface area (Å²) in [5, 5.41) is -0.927. The molecule has 0 bridgehead atoms. The van der Waals surface area contributed by atoms with Crippen molar-refractivity contribution < 1.29 is 51.3 Å². The van der Waals surface area contributed by atoms with Crippen LogP contribution < -0.4 is 0 Å². The smallest absolute Gasteiger partial charge is 0.303 e. The lowest BCUT2D eigenvalue weighted by atomic mass is 9.88. The maximum absolute atomic E-state index is 13.3. The van der Waals surface area contributed by atoms with E-state index in [-0.39, 0.29) is 12.4 Å². The van der Waals surface area contributed by atoms with Gasteiger partial charge in [-0.1, -0.05) is 49.4 Å². The fourth-order valence-electron chi connectivity index (χ4n) is 5.47. The van der Waals surface area contributed by atoms with Crippen LogP contribution >= 0.6 is 0 Å². The Bertz CT molecular complexity index is 1460. The van der Waals surface area contributed by atoms with Crippen LogP contribution in [-0.2, 0) is 64.9 Å². The van der Waals surface area contributed by atoms with Crippen LogP contribution in [0.5, 0.6) is 0 Å². The summed E-state index contributed by atoms with van der Waals surface area (Å²) in [6.07, 6.45) is -5.32. The third-order valence-electron chi connectivity index (χ3n) is 7.18. The van der Waals surface area contributed by atoms with Gasteiger partial charge < -0.3 is 23.7 Å². The largest absolute Gasteiger partial charge is 0.463 e. The SMILES string of the molecule is CCc1ccc([C@H]2c3cc(C4OC(COC(C)=O)C(OC(C)=O)C(OC(C)=O)C4OC(C)=O)ccc3CS2(=O)=O)cc1. The molecule has 2 aromatic carbocycles. The van der Waals surface area contributed by atoms with Crippen molar-refractivity contribution in [3.8, 4) is 0 Å². The predicted molar refractivity (Wildman–Crippen MR) is 148 cm³/mol. The summed E-state index contributed by atoms with van der Waals surface area (Å²) in [5.41, 5.74) is 3.28. The van der Waals surface area contributed by atoms with Crippen molar-refractivity contribution in [3.05, 3.63) is 70.3 Å². The van der Waals surface area contributed by atoms with Gasteiger partial charge in [0, 0.05) is 27.7 Å². The van der Waals surface area contributed by atoms with E-state index < -0.39 is 69.5 Å². The maximum atomic E-state index is 13.3. The Morgan fingerprint density at radius 1 is 0.786 bits per heavy atom. The first-order chi connectivity index (χ1) is 19.8. The molecule has 0 spiro atoms. The summed E-state index contributed by atoms with van der Waals surface area (Å²) in [7, 11) is -3.59. The van der Waals surface area contributed by atoms with Gasteiger partial charge in [-0.3, -0.25) is 19.2 Å². The Hall–Kier alpha value is -3.77. The van der Waals surface area contributed by atoms with E-state index in [1.807, 2.05) is 19.1 Å². The molecule has 2 heterocycles. The van der Waals surface area contributed by atoms with Crippen LogP contribution in [0.3, 0.4) is 0 Å². The number of esters is 4. The average Bonchev–Trinajstić information content (AvgIpc) is 3.18. The van der Waals surface area contributed by atoms with Gasteiger partial charge in [0.25, 0.3) is 0 Å². The van der Waals surface area contributed by atoms with E-state index in [0.29, 0.717) is 22.3 Å². The standard InChI is InChI=1S/C30H34O11S/c1-6-20-7-9-21(10-8-20)30-24-13-22(11-12-23(24)15-42(30,35)36)26-28(39-18(4)33)29(40-19(5)34)27(38-17(3)32)25(41-26)14-37-16(2)31/h7-13,25-30H,6,14-15H2,1-5H3/t25?,26?,27?,28?,29?,30-/m0/s1. The lowest BCUT2D eigenvalue weighted by Crippen LogP contribution is -2.59. The summed E-state index contributed by atoms with van der Waals surface area (Å²) in [4.78, 5) is 48.1. The van der Waals surface area contributed by atoms with Gasteiger partial charge in [0.2, 0.25) is 0 Å². The van der Waals surface area contributed by atoms with Crippen molar-refractivity contribution in [1.29, 1.82) is 0 Å². The molecule has 6 atom stereocenters. The van der Waals surface area contributed by atoms with Gasteiger partial charge in [0.1, 0.15) is 24.1 Å². The molecule has 0 aromatic heterocycles. The van der Waals surface area contributed by atoms with E-state index in [4.69, 9.17) is 23.7 Å². The first-order valence-electron chi connectivity index (χ1n) is 13.5. The predicted octanol–water partition coefficient (Wildman–Crippen LogP) is 3.06. The monoisotopic (exact) mass is 602 g/mol.